The van der Waals surface area contributed by atoms with Gasteiger partial charge < -0.3 is 15.8 Å². The Labute approximate surface area is 119 Å². The van der Waals surface area contributed by atoms with E-state index in [0.29, 0.717) is 11.7 Å². The average Bonchev–Trinajstić information content (AvgIpc) is 2.94. The molecule has 112 valence electrons. The predicted molar refractivity (Wildman–Crippen MR) is 77.6 cm³/mol. The molecule has 0 radical (unpaired) electrons. The summed E-state index contributed by atoms with van der Waals surface area (Å²) in [7, 11) is 1.57. The molecule has 0 aliphatic heterocycles. The van der Waals surface area contributed by atoms with E-state index < -0.39 is 0 Å². The van der Waals surface area contributed by atoms with Crippen LogP contribution in [0, 0.1) is 0 Å². The molecule has 6 nitrogen and oxygen atoms in total. The van der Waals surface area contributed by atoms with Gasteiger partial charge in [0.15, 0.2) is 0 Å². The van der Waals surface area contributed by atoms with Crippen molar-refractivity contribution in [2.75, 3.05) is 12.8 Å². The number of nitrogens with two attached hydrogens (primary N) is 1. The quantitative estimate of drug-likeness (QED) is 0.870. The standard InChI is InChI=1S/C14H24N4O2/c1-14(2,3)18-12(15)8-11(17-18)9-5-6-10(7-9)20-13(19)16-4/h8-10H,5-7,15H2,1-4H3,(H,16,19)/t9-,10?/m0/s1. The lowest BCUT2D eigenvalue weighted by Crippen LogP contribution is -2.25. The second-order valence-electron chi connectivity index (χ2n) is 6.36. The molecule has 1 saturated carbocycles. The lowest BCUT2D eigenvalue weighted by atomic mass is 10.0. The number of alkyl carbamates (subject to hydrolysis) is 1. The second-order valence-corrected chi connectivity index (χ2v) is 6.36. The van der Waals surface area contributed by atoms with Crippen molar-refractivity contribution in [3.8, 4) is 0 Å². The number of nitrogen functional groups attached to an aromatic ring is 1. The Morgan fingerprint density at radius 3 is 2.75 bits per heavy atom. The van der Waals surface area contributed by atoms with E-state index in [9.17, 15) is 4.79 Å². The Morgan fingerprint density at radius 1 is 1.50 bits per heavy atom. The van der Waals surface area contributed by atoms with Crippen LogP contribution in [0.1, 0.15) is 51.6 Å². The summed E-state index contributed by atoms with van der Waals surface area (Å²) in [6.07, 6.45) is 2.27. The van der Waals surface area contributed by atoms with E-state index in [1.165, 1.54) is 0 Å². The maximum Gasteiger partial charge on any atom is 0.407 e. The van der Waals surface area contributed by atoms with Crippen molar-refractivity contribution in [2.45, 2.75) is 57.6 Å². The van der Waals surface area contributed by atoms with Crippen LogP contribution in [-0.2, 0) is 10.3 Å². The van der Waals surface area contributed by atoms with Crippen molar-refractivity contribution in [3.63, 3.8) is 0 Å². The molecular weight excluding hydrogens is 256 g/mol. The molecule has 1 aliphatic rings. The molecule has 1 aliphatic carbocycles. The first kappa shape index (κ1) is 14.7. The highest BCUT2D eigenvalue weighted by molar-refractivity contribution is 5.66. The van der Waals surface area contributed by atoms with Crippen LogP contribution in [0.5, 0.6) is 0 Å². The molecule has 2 rings (SSSR count). The van der Waals surface area contributed by atoms with Crippen LogP contribution in [0.2, 0.25) is 0 Å². The SMILES string of the molecule is CNC(=O)OC1CC[C@H](c2cc(N)n(C(C)(C)C)n2)C1. The summed E-state index contributed by atoms with van der Waals surface area (Å²) >= 11 is 0. The van der Waals surface area contributed by atoms with Crippen molar-refractivity contribution < 1.29 is 9.53 Å². The second kappa shape index (κ2) is 5.34. The van der Waals surface area contributed by atoms with E-state index in [1.807, 2.05) is 10.7 Å². The van der Waals surface area contributed by atoms with Crippen molar-refractivity contribution in [3.05, 3.63) is 11.8 Å². The van der Waals surface area contributed by atoms with E-state index in [0.717, 1.165) is 25.0 Å². The minimum Gasteiger partial charge on any atom is -0.446 e. The van der Waals surface area contributed by atoms with Gasteiger partial charge in [0.05, 0.1) is 11.2 Å². The van der Waals surface area contributed by atoms with Gasteiger partial charge in [-0.2, -0.15) is 5.10 Å². The Kier molecular flexibility index (Phi) is 3.92. The number of nitrogens with one attached hydrogen (secondary N) is 1. The maximum atomic E-state index is 11.2. The number of ether oxygens (including phenoxy) is 1. The number of carbonyl (C=O) groups excluding carboxylic acids is 1. The van der Waals surface area contributed by atoms with Gasteiger partial charge in [0.2, 0.25) is 0 Å². The van der Waals surface area contributed by atoms with Gasteiger partial charge in [0, 0.05) is 19.0 Å². The van der Waals surface area contributed by atoms with Crippen LogP contribution in [0.25, 0.3) is 0 Å². The van der Waals surface area contributed by atoms with Crippen molar-refractivity contribution >= 4 is 11.9 Å². The van der Waals surface area contributed by atoms with Crippen LogP contribution >= 0.6 is 0 Å². The van der Waals surface area contributed by atoms with E-state index in [-0.39, 0.29) is 17.7 Å². The van der Waals surface area contributed by atoms with Crippen LogP contribution in [0.4, 0.5) is 10.6 Å². The molecular formula is C14H24N4O2. The molecule has 0 saturated heterocycles. The Bertz CT molecular complexity index is 490. The lowest BCUT2D eigenvalue weighted by molar-refractivity contribution is 0.102. The number of rotatable bonds is 2. The fourth-order valence-electron chi connectivity index (χ4n) is 2.68. The topological polar surface area (TPSA) is 82.2 Å². The molecule has 1 aromatic heterocycles. The molecule has 0 aromatic carbocycles. The third-order valence-corrected chi connectivity index (χ3v) is 3.67. The van der Waals surface area contributed by atoms with Crippen LogP contribution in [-0.4, -0.2) is 29.0 Å². The van der Waals surface area contributed by atoms with Crippen LogP contribution in [0.3, 0.4) is 0 Å². The lowest BCUT2D eigenvalue weighted by Gasteiger charge is -2.20. The third-order valence-electron chi connectivity index (χ3n) is 3.67. The minimum atomic E-state index is -0.365. The highest BCUT2D eigenvalue weighted by Crippen LogP contribution is 2.36. The van der Waals surface area contributed by atoms with Gasteiger partial charge in [-0.05, 0) is 40.0 Å². The molecule has 0 spiro atoms. The Morgan fingerprint density at radius 2 is 2.20 bits per heavy atom. The molecule has 1 heterocycles. The number of hydrogen-bond donors (Lipinski definition) is 2. The van der Waals surface area contributed by atoms with E-state index in [4.69, 9.17) is 10.5 Å². The van der Waals surface area contributed by atoms with E-state index in [2.05, 4.69) is 31.2 Å². The van der Waals surface area contributed by atoms with E-state index >= 15 is 0 Å². The molecule has 6 heteroatoms. The predicted octanol–water partition coefficient (Wildman–Crippen LogP) is 2.21. The Balaban J connectivity index is 2.05. The maximum absolute atomic E-state index is 11.2. The van der Waals surface area contributed by atoms with Gasteiger partial charge in [-0.25, -0.2) is 9.48 Å². The number of hydrogen-bond acceptors (Lipinski definition) is 4. The summed E-state index contributed by atoms with van der Waals surface area (Å²) in [5.74, 6) is 0.999. The van der Waals surface area contributed by atoms with Gasteiger partial charge in [0.25, 0.3) is 0 Å². The molecule has 1 amide bonds. The van der Waals surface area contributed by atoms with Gasteiger partial charge >= 0.3 is 6.09 Å². The summed E-state index contributed by atoms with van der Waals surface area (Å²) in [5.41, 5.74) is 6.91. The van der Waals surface area contributed by atoms with Gasteiger partial charge in [0.1, 0.15) is 11.9 Å². The molecule has 1 fully saturated rings. The highest BCUT2D eigenvalue weighted by atomic mass is 16.6. The largest absolute Gasteiger partial charge is 0.446 e. The Hall–Kier alpha value is -1.72. The van der Waals surface area contributed by atoms with Crippen molar-refractivity contribution in [1.82, 2.24) is 15.1 Å². The number of amides is 1. The zero-order valence-corrected chi connectivity index (χ0v) is 12.6. The summed E-state index contributed by atoms with van der Waals surface area (Å²) in [5, 5.41) is 7.11. The zero-order valence-electron chi connectivity index (χ0n) is 12.6. The number of nitrogens with zero attached hydrogens (tertiary/aromatic N) is 2. The molecule has 1 aromatic rings. The first-order valence-corrected chi connectivity index (χ1v) is 7.05. The van der Waals surface area contributed by atoms with Crippen molar-refractivity contribution in [2.24, 2.45) is 0 Å². The minimum absolute atomic E-state index is 0.0269. The van der Waals surface area contributed by atoms with Gasteiger partial charge in [-0.3, -0.25) is 0 Å². The fourth-order valence-corrected chi connectivity index (χ4v) is 2.68. The molecule has 2 atom stereocenters. The first-order valence-electron chi connectivity index (χ1n) is 7.05. The number of carbonyl (C=O) groups is 1. The fraction of sp³-hybridized carbons (Fsp3) is 0.714. The summed E-state index contributed by atoms with van der Waals surface area (Å²) in [4.78, 5) is 11.2. The van der Waals surface area contributed by atoms with Crippen LogP contribution < -0.4 is 11.1 Å². The number of anilines is 1. The molecule has 1 unspecified atom stereocenters. The normalized spacial score (nSPS) is 22.8. The summed E-state index contributed by atoms with van der Waals surface area (Å²) in [6, 6.07) is 1.94. The molecule has 20 heavy (non-hydrogen) atoms. The summed E-state index contributed by atoms with van der Waals surface area (Å²) < 4.78 is 7.16. The third kappa shape index (κ3) is 3.05. The molecule has 3 N–H and O–H groups in total. The van der Waals surface area contributed by atoms with Gasteiger partial charge in [-0.1, -0.05) is 0 Å². The molecule has 0 bridgehead atoms. The first-order chi connectivity index (χ1) is 9.31. The van der Waals surface area contributed by atoms with Crippen LogP contribution in [0.15, 0.2) is 6.07 Å². The average molecular weight is 280 g/mol. The van der Waals surface area contributed by atoms with Gasteiger partial charge in [-0.15, -0.1) is 0 Å². The number of aromatic nitrogens is 2. The van der Waals surface area contributed by atoms with Crippen molar-refractivity contribution in [1.29, 1.82) is 0 Å². The van der Waals surface area contributed by atoms with E-state index in [1.54, 1.807) is 7.05 Å². The summed E-state index contributed by atoms with van der Waals surface area (Å²) in [6.45, 7) is 6.23. The smallest absolute Gasteiger partial charge is 0.407 e. The monoisotopic (exact) mass is 280 g/mol. The highest BCUT2D eigenvalue weighted by Gasteiger charge is 2.31. The zero-order chi connectivity index (χ0) is 14.9.